The van der Waals surface area contributed by atoms with E-state index in [9.17, 15) is 14.9 Å². The van der Waals surface area contributed by atoms with Crippen LogP contribution in [0.25, 0.3) is 0 Å². The number of aromatic amines is 1. The van der Waals surface area contributed by atoms with E-state index in [2.05, 4.69) is 15.2 Å². The van der Waals surface area contributed by atoms with E-state index in [1.54, 1.807) is 4.90 Å². The van der Waals surface area contributed by atoms with Crippen molar-refractivity contribution in [2.75, 3.05) is 39.3 Å². The Labute approximate surface area is 134 Å². The number of nitrogens with one attached hydrogen (secondary N) is 2. The molecule has 3 heterocycles. The largest absolute Gasteiger partial charge is 0.358 e. The molecule has 1 aromatic rings. The monoisotopic (exact) mass is 329 g/mol. The minimum Gasteiger partial charge on any atom is -0.358 e. The lowest BCUT2D eigenvalue weighted by Gasteiger charge is -2.32. The molecule has 0 radical (unpaired) electrons. The molecule has 1 aromatic heterocycles. The Hall–Kier alpha value is -1.64. The molecule has 0 bridgehead atoms. The zero-order chi connectivity index (χ0) is 14.8. The highest BCUT2D eigenvalue weighted by Crippen LogP contribution is 2.19. The zero-order valence-corrected chi connectivity index (χ0v) is 13.0. The first-order chi connectivity index (χ1) is 10.1. The molecule has 1 unspecified atom stereocenters. The number of likely N-dealkylation sites (tertiary alicyclic amines) is 1. The summed E-state index contributed by atoms with van der Waals surface area (Å²) in [4.78, 5) is 29.2. The lowest BCUT2D eigenvalue weighted by molar-refractivity contribution is -0.389. The van der Waals surface area contributed by atoms with Crippen LogP contribution in [-0.2, 0) is 0 Å². The first-order valence-electron chi connectivity index (χ1n) is 7.22. The van der Waals surface area contributed by atoms with E-state index in [4.69, 9.17) is 0 Å². The van der Waals surface area contributed by atoms with Crippen molar-refractivity contribution in [3.63, 3.8) is 0 Å². The van der Waals surface area contributed by atoms with Gasteiger partial charge in [0.1, 0.15) is 0 Å². The Balaban J connectivity index is 0.00000176. The lowest BCUT2D eigenvalue weighted by Crippen LogP contribution is -2.49. The number of carbonyl (C=O) groups excluding carboxylic acids is 1. The molecule has 9 heteroatoms. The first kappa shape index (κ1) is 16.7. The summed E-state index contributed by atoms with van der Waals surface area (Å²) in [5.41, 5.74) is 0.294. The number of amides is 1. The quantitative estimate of drug-likeness (QED) is 0.621. The molecule has 0 saturated carbocycles. The average Bonchev–Trinajstić information content (AvgIpc) is 3.17. The molecule has 1 atom stereocenters. The van der Waals surface area contributed by atoms with Crippen molar-refractivity contribution in [2.24, 2.45) is 0 Å². The number of hydrogen-bond acceptors (Lipinski definition) is 5. The molecule has 2 saturated heterocycles. The van der Waals surface area contributed by atoms with E-state index in [-0.39, 0.29) is 24.1 Å². The molecule has 1 amide bonds. The molecule has 8 nitrogen and oxygen atoms in total. The topological polar surface area (TPSA) is 94.5 Å². The van der Waals surface area contributed by atoms with Gasteiger partial charge in [0.05, 0.1) is 0 Å². The number of piperazine rings is 1. The Morgan fingerprint density at radius 3 is 2.64 bits per heavy atom. The third kappa shape index (κ3) is 3.40. The molecular formula is C13H20ClN5O3. The summed E-state index contributed by atoms with van der Waals surface area (Å²) < 4.78 is 0. The van der Waals surface area contributed by atoms with E-state index in [0.717, 1.165) is 32.6 Å². The number of carbonyl (C=O) groups is 1. The van der Waals surface area contributed by atoms with E-state index in [1.807, 2.05) is 0 Å². The van der Waals surface area contributed by atoms with Crippen LogP contribution in [0.3, 0.4) is 0 Å². The summed E-state index contributed by atoms with van der Waals surface area (Å²) >= 11 is 0. The second-order valence-electron chi connectivity index (χ2n) is 5.49. The summed E-state index contributed by atoms with van der Waals surface area (Å²) in [5.74, 6) is -0.295. The summed E-state index contributed by atoms with van der Waals surface area (Å²) in [6, 6.07) is 3.22. The van der Waals surface area contributed by atoms with Gasteiger partial charge in [0, 0.05) is 51.4 Å². The van der Waals surface area contributed by atoms with Crippen molar-refractivity contribution in [1.29, 1.82) is 0 Å². The number of nitro groups is 1. The Bertz CT molecular complexity index is 544. The SMILES string of the molecule is Cl.O=C(c1ccc([N+](=O)[O-])[nH]1)N1CCC(N2CCNCC2)C1. The predicted octanol–water partition coefficient (Wildman–Crippen LogP) is 0.464. The molecule has 2 fully saturated rings. The van der Waals surface area contributed by atoms with Crippen LogP contribution in [0.1, 0.15) is 16.9 Å². The van der Waals surface area contributed by atoms with Crippen LogP contribution in [0, 0.1) is 10.1 Å². The molecule has 0 aromatic carbocycles. The van der Waals surface area contributed by atoms with Crippen molar-refractivity contribution >= 4 is 24.1 Å². The smallest absolute Gasteiger partial charge is 0.321 e. The minimum atomic E-state index is -0.524. The second kappa shape index (κ2) is 7.08. The second-order valence-corrected chi connectivity index (χ2v) is 5.49. The first-order valence-corrected chi connectivity index (χ1v) is 7.22. The molecule has 0 spiro atoms. The highest BCUT2D eigenvalue weighted by atomic mass is 35.5. The average molecular weight is 330 g/mol. The summed E-state index contributed by atoms with van der Waals surface area (Å²) in [5, 5.41) is 14.0. The summed E-state index contributed by atoms with van der Waals surface area (Å²) in [7, 11) is 0. The summed E-state index contributed by atoms with van der Waals surface area (Å²) in [6.45, 7) is 5.42. The number of hydrogen-bond donors (Lipinski definition) is 2. The number of H-pyrrole nitrogens is 1. The van der Waals surface area contributed by atoms with Gasteiger partial charge in [-0.25, -0.2) is 4.98 Å². The van der Waals surface area contributed by atoms with Gasteiger partial charge in [0.2, 0.25) is 0 Å². The highest BCUT2D eigenvalue weighted by Gasteiger charge is 2.32. The molecular weight excluding hydrogens is 310 g/mol. The lowest BCUT2D eigenvalue weighted by atomic mass is 10.2. The van der Waals surface area contributed by atoms with Crippen LogP contribution in [0.4, 0.5) is 5.82 Å². The third-order valence-corrected chi connectivity index (χ3v) is 4.22. The maximum Gasteiger partial charge on any atom is 0.321 e. The maximum absolute atomic E-state index is 12.4. The van der Waals surface area contributed by atoms with E-state index >= 15 is 0 Å². The number of halogens is 1. The van der Waals surface area contributed by atoms with Gasteiger partial charge < -0.3 is 20.3 Å². The Morgan fingerprint density at radius 1 is 1.27 bits per heavy atom. The van der Waals surface area contributed by atoms with Gasteiger partial charge in [0.25, 0.3) is 5.91 Å². The molecule has 2 N–H and O–H groups in total. The standard InChI is InChI=1S/C13H19N5O3.ClH/c19-13(11-1-2-12(15-11)18(20)21)17-6-3-10(9-17)16-7-4-14-5-8-16;/h1-2,10,14-15H,3-9H2;1H. The third-order valence-electron chi connectivity index (χ3n) is 4.22. The van der Waals surface area contributed by atoms with Crippen molar-refractivity contribution in [1.82, 2.24) is 20.1 Å². The van der Waals surface area contributed by atoms with E-state index in [1.165, 1.54) is 12.1 Å². The Morgan fingerprint density at radius 2 is 2.00 bits per heavy atom. The van der Waals surface area contributed by atoms with Crippen molar-refractivity contribution in [3.05, 3.63) is 27.9 Å². The summed E-state index contributed by atoms with van der Waals surface area (Å²) in [6.07, 6.45) is 0.967. The van der Waals surface area contributed by atoms with Gasteiger partial charge in [-0.05, 0) is 17.4 Å². The molecule has 2 aliphatic heterocycles. The van der Waals surface area contributed by atoms with Crippen LogP contribution < -0.4 is 5.32 Å². The van der Waals surface area contributed by atoms with Crippen molar-refractivity contribution in [2.45, 2.75) is 12.5 Å². The number of aromatic nitrogens is 1. The van der Waals surface area contributed by atoms with Gasteiger partial charge in [-0.15, -0.1) is 12.4 Å². The fraction of sp³-hybridized carbons (Fsp3) is 0.615. The van der Waals surface area contributed by atoms with Crippen molar-refractivity contribution in [3.8, 4) is 0 Å². The van der Waals surface area contributed by atoms with Crippen LogP contribution in [0.5, 0.6) is 0 Å². The maximum atomic E-state index is 12.4. The molecule has 22 heavy (non-hydrogen) atoms. The fourth-order valence-corrected chi connectivity index (χ4v) is 3.06. The van der Waals surface area contributed by atoms with Gasteiger partial charge in [-0.3, -0.25) is 9.69 Å². The molecule has 0 aliphatic carbocycles. The highest BCUT2D eigenvalue weighted by molar-refractivity contribution is 5.93. The fourth-order valence-electron chi connectivity index (χ4n) is 3.06. The number of nitrogens with zero attached hydrogens (tertiary/aromatic N) is 3. The van der Waals surface area contributed by atoms with Gasteiger partial charge in [-0.2, -0.15) is 0 Å². The van der Waals surface area contributed by atoms with E-state index in [0.29, 0.717) is 24.8 Å². The number of rotatable bonds is 3. The van der Waals surface area contributed by atoms with Crippen LogP contribution in [0.15, 0.2) is 12.1 Å². The Kier molecular flexibility index (Phi) is 5.38. The van der Waals surface area contributed by atoms with Gasteiger partial charge in [0.15, 0.2) is 5.69 Å². The van der Waals surface area contributed by atoms with E-state index < -0.39 is 4.92 Å². The van der Waals surface area contributed by atoms with Gasteiger partial charge >= 0.3 is 5.82 Å². The molecule has 2 aliphatic rings. The van der Waals surface area contributed by atoms with Crippen LogP contribution in [0.2, 0.25) is 0 Å². The molecule has 122 valence electrons. The normalized spacial score (nSPS) is 22.4. The van der Waals surface area contributed by atoms with Crippen LogP contribution >= 0.6 is 12.4 Å². The van der Waals surface area contributed by atoms with Crippen molar-refractivity contribution < 1.29 is 9.72 Å². The predicted molar refractivity (Wildman–Crippen MR) is 83.4 cm³/mol. The van der Waals surface area contributed by atoms with Gasteiger partial charge in [-0.1, -0.05) is 0 Å². The molecule has 3 rings (SSSR count). The van der Waals surface area contributed by atoms with Crippen LogP contribution in [-0.4, -0.2) is 70.9 Å². The minimum absolute atomic E-state index is 0. The zero-order valence-electron chi connectivity index (χ0n) is 12.2.